The number of carbonyl (C=O) groups is 1. The van der Waals surface area contributed by atoms with Gasteiger partial charge in [-0.2, -0.15) is 5.26 Å². The number of carbonyl (C=O) groups excluding carboxylic acids is 1. The summed E-state index contributed by atoms with van der Waals surface area (Å²) in [5.41, 5.74) is 2.15. The number of aryl methyl sites for hydroxylation is 1. The molecule has 0 saturated carbocycles. The minimum Gasteiger partial charge on any atom is -0.384 e. The average molecular weight is 284 g/mol. The molecule has 1 saturated heterocycles. The number of nitriles is 1. The molecule has 1 aliphatic heterocycles. The van der Waals surface area contributed by atoms with Crippen molar-refractivity contribution in [2.75, 3.05) is 26.3 Å². The van der Waals surface area contributed by atoms with Crippen molar-refractivity contribution >= 4 is 5.91 Å². The van der Waals surface area contributed by atoms with Gasteiger partial charge in [-0.15, -0.1) is 0 Å². The predicted octanol–water partition coefficient (Wildman–Crippen LogP) is 0.703. The highest BCUT2D eigenvalue weighted by molar-refractivity contribution is 5.95. The highest BCUT2D eigenvalue weighted by Gasteiger charge is 2.25. The SMILES string of the molecule is Cc1cc(C#CCO)cc(C(=O)N2CCOC(C#N)C2)c1. The summed E-state index contributed by atoms with van der Waals surface area (Å²) >= 11 is 0. The molecule has 0 spiro atoms. The Morgan fingerprint density at radius 3 is 3.05 bits per heavy atom. The van der Waals surface area contributed by atoms with E-state index in [1.807, 2.05) is 19.1 Å². The van der Waals surface area contributed by atoms with E-state index in [2.05, 4.69) is 11.8 Å². The van der Waals surface area contributed by atoms with Crippen molar-refractivity contribution in [3.63, 3.8) is 0 Å². The van der Waals surface area contributed by atoms with Crippen molar-refractivity contribution in [1.29, 1.82) is 5.26 Å². The van der Waals surface area contributed by atoms with Crippen LogP contribution in [0.1, 0.15) is 21.5 Å². The molecular formula is C16H16N2O3. The Hall–Kier alpha value is -2.34. The Morgan fingerprint density at radius 2 is 2.33 bits per heavy atom. The first-order valence-electron chi connectivity index (χ1n) is 6.66. The first kappa shape index (κ1) is 15.1. The van der Waals surface area contributed by atoms with E-state index >= 15 is 0 Å². The molecule has 1 heterocycles. The lowest BCUT2D eigenvalue weighted by atomic mass is 10.1. The Kier molecular flexibility index (Phi) is 4.94. The van der Waals surface area contributed by atoms with Gasteiger partial charge in [-0.3, -0.25) is 4.79 Å². The van der Waals surface area contributed by atoms with Gasteiger partial charge in [-0.1, -0.05) is 11.8 Å². The highest BCUT2D eigenvalue weighted by Crippen LogP contribution is 2.14. The second-order valence-corrected chi connectivity index (χ2v) is 4.79. The van der Waals surface area contributed by atoms with E-state index in [0.717, 1.165) is 5.56 Å². The van der Waals surface area contributed by atoms with Crippen molar-refractivity contribution in [3.05, 3.63) is 34.9 Å². The van der Waals surface area contributed by atoms with Gasteiger partial charge in [0.2, 0.25) is 0 Å². The van der Waals surface area contributed by atoms with E-state index in [9.17, 15) is 4.79 Å². The van der Waals surface area contributed by atoms with Crippen LogP contribution < -0.4 is 0 Å². The summed E-state index contributed by atoms with van der Waals surface area (Å²) in [6, 6.07) is 7.38. The van der Waals surface area contributed by atoms with Crippen molar-refractivity contribution in [2.45, 2.75) is 13.0 Å². The molecule has 0 aliphatic carbocycles. The maximum absolute atomic E-state index is 12.5. The maximum atomic E-state index is 12.5. The molecule has 1 fully saturated rings. The Bertz CT molecular complexity index is 637. The molecule has 1 aromatic carbocycles. The molecule has 5 nitrogen and oxygen atoms in total. The van der Waals surface area contributed by atoms with Crippen molar-refractivity contribution < 1.29 is 14.6 Å². The summed E-state index contributed by atoms with van der Waals surface area (Å²) in [4.78, 5) is 14.1. The normalized spacial score (nSPS) is 17.6. The number of hydrogen-bond donors (Lipinski definition) is 1. The summed E-state index contributed by atoms with van der Waals surface area (Å²) in [5, 5.41) is 17.6. The van der Waals surface area contributed by atoms with Crippen molar-refractivity contribution in [3.8, 4) is 17.9 Å². The van der Waals surface area contributed by atoms with Gasteiger partial charge in [0.05, 0.1) is 19.2 Å². The molecule has 1 aromatic rings. The highest BCUT2D eigenvalue weighted by atomic mass is 16.5. The van der Waals surface area contributed by atoms with Crippen LogP contribution in [0.25, 0.3) is 0 Å². The van der Waals surface area contributed by atoms with Crippen LogP contribution in [-0.4, -0.2) is 48.3 Å². The number of hydrogen-bond acceptors (Lipinski definition) is 4. The molecule has 1 aliphatic rings. The van der Waals surface area contributed by atoms with Gasteiger partial charge in [0.25, 0.3) is 5.91 Å². The molecule has 0 radical (unpaired) electrons. The van der Waals surface area contributed by atoms with Crippen LogP contribution >= 0.6 is 0 Å². The number of aliphatic hydroxyl groups excluding tert-OH is 1. The van der Waals surface area contributed by atoms with Gasteiger partial charge in [0.1, 0.15) is 6.61 Å². The third-order valence-corrected chi connectivity index (χ3v) is 3.13. The zero-order valence-electron chi connectivity index (χ0n) is 11.8. The first-order valence-corrected chi connectivity index (χ1v) is 6.66. The van der Waals surface area contributed by atoms with Gasteiger partial charge in [0, 0.05) is 17.7 Å². The summed E-state index contributed by atoms with van der Waals surface area (Å²) in [5.74, 6) is 5.25. The zero-order valence-corrected chi connectivity index (χ0v) is 11.8. The van der Waals surface area contributed by atoms with E-state index in [4.69, 9.17) is 15.1 Å². The number of amides is 1. The molecule has 1 amide bonds. The molecule has 0 bridgehead atoms. The summed E-state index contributed by atoms with van der Waals surface area (Å²) in [6.45, 7) is 2.79. The lowest BCUT2D eigenvalue weighted by molar-refractivity contribution is 0.00346. The van der Waals surface area contributed by atoms with E-state index in [0.29, 0.717) is 24.3 Å². The Balaban J connectivity index is 2.22. The number of aliphatic hydroxyl groups is 1. The monoisotopic (exact) mass is 284 g/mol. The third kappa shape index (κ3) is 3.82. The molecule has 108 valence electrons. The second-order valence-electron chi connectivity index (χ2n) is 4.79. The molecule has 21 heavy (non-hydrogen) atoms. The smallest absolute Gasteiger partial charge is 0.254 e. The number of rotatable bonds is 1. The Labute approximate surface area is 123 Å². The molecule has 0 aromatic heterocycles. The van der Waals surface area contributed by atoms with E-state index in [1.54, 1.807) is 17.0 Å². The molecule has 1 atom stereocenters. The molecular weight excluding hydrogens is 268 g/mol. The topological polar surface area (TPSA) is 73.6 Å². The average Bonchev–Trinajstić information content (AvgIpc) is 2.51. The fourth-order valence-corrected chi connectivity index (χ4v) is 2.21. The van der Waals surface area contributed by atoms with Gasteiger partial charge in [0.15, 0.2) is 6.10 Å². The standard InChI is InChI=1S/C16H16N2O3/c1-12-7-13(3-2-5-19)9-14(8-12)16(20)18-4-6-21-15(10-17)11-18/h7-9,15,19H,4-6,11H2,1H3. The number of nitrogens with zero attached hydrogens (tertiary/aromatic N) is 2. The van der Waals surface area contributed by atoms with Crippen LogP contribution in [0.2, 0.25) is 0 Å². The number of morpholine rings is 1. The van der Waals surface area contributed by atoms with Gasteiger partial charge >= 0.3 is 0 Å². The van der Waals surface area contributed by atoms with Gasteiger partial charge < -0.3 is 14.7 Å². The number of benzene rings is 1. The second kappa shape index (κ2) is 6.90. The van der Waals surface area contributed by atoms with E-state index < -0.39 is 6.10 Å². The maximum Gasteiger partial charge on any atom is 0.254 e. The van der Waals surface area contributed by atoms with Crippen LogP contribution in [0.5, 0.6) is 0 Å². The van der Waals surface area contributed by atoms with E-state index in [1.165, 1.54) is 0 Å². The van der Waals surface area contributed by atoms with Crippen molar-refractivity contribution in [1.82, 2.24) is 4.90 Å². The zero-order chi connectivity index (χ0) is 15.2. The molecule has 1 N–H and O–H groups in total. The van der Waals surface area contributed by atoms with Gasteiger partial charge in [-0.05, 0) is 30.7 Å². The molecule has 1 unspecified atom stereocenters. The summed E-state index contributed by atoms with van der Waals surface area (Å²) in [7, 11) is 0. The first-order chi connectivity index (χ1) is 10.1. The fraction of sp³-hybridized carbons (Fsp3) is 0.375. The predicted molar refractivity (Wildman–Crippen MR) is 76.4 cm³/mol. The minimum atomic E-state index is -0.568. The summed E-state index contributed by atoms with van der Waals surface area (Å²) in [6.07, 6.45) is -0.568. The lowest BCUT2D eigenvalue weighted by Gasteiger charge is -2.29. The van der Waals surface area contributed by atoms with Crippen LogP contribution in [0.3, 0.4) is 0 Å². The minimum absolute atomic E-state index is 0.130. The molecule has 5 heteroatoms. The fourth-order valence-electron chi connectivity index (χ4n) is 2.21. The van der Waals surface area contributed by atoms with Crippen molar-refractivity contribution in [2.24, 2.45) is 0 Å². The third-order valence-electron chi connectivity index (χ3n) is 3.13. The summed E-state index contributed by atoms with van der Waals surface area (Å²) < 4.78 is 5.24. The van der Waals surface area contributed by atoms with Crippen LogP contribution in [-0.2, 0) is 4.74 Å². The quantitative estimate of drug-likeness (QED) is 0.771. The largest absolute Gasteiger partial charge is 0.384 e. The van der Waals surface area contributed by atoms with Crippen LogP contribution in [0.4, 0.5) is 0 Å². The van der Waals surface area contributed by atoms with Crippen LogP contribution in [0, 0.1) is 30.1 Å². The molecule has 2 rings (SSSR count). The van der Waals surface area contributed by atoms with Gasteiger partial charge in [-0.25, -0.2) is 0 Å². The lowest BCUT2D eigenvalue weighted by Crippen LogP contribution is -2.45. The number of ether oxygens (including phenoxy) is 1. The Morgan fingerprint density at radius 1 is 1.52 bits per heavy atom. The van der Waals surface area contributed by atoms with E-state index in [-0.39, 0.29) is 19.1 Å². The van der Waals surface area contributed by atoms with Crippen LogP contribution in [0.15, 0.2) is 18.2 Å².